The first kappa shape index (κ1) is 22.0. The van der Waals surface area contributed by atoms with E-state index in [1.54, 1.807) is 31.7 Å². The van der Waals surface area contributed by atoms with E-state index < -0.39 is 16.1 Å². The lowest BCUT2D eigenvalue weighted by Crippen LogP contribution is -2.84. The first-order valence-electron chi connectivity index (χ1n) is 14.5. The Morgan fingerprint density at radius 3 is 1.45 bits per heavy atom. The molecule has 0 bridgehead atoms. The number of fused-ring (bicyclic) bond motifs is 6. The zero-order valence-corrected chi connectivity index (χ0v) is 25.2. The Bertz CT molecular complexity index is 1890. The summed E-state index contributed by atoms with van der Waals surface area (Å²) in [5, 5.41) is 6.47. The Hall–Kier alpha value is -3.74. The molecule has 10 rings (SSSR count). The Balaban J connectivity index is 1.46. The second kappa shape index (κ2) is 6.76. The molecule has 0 aliphatic carbocycles. The number of anilines is 3. The van der Waals surface area contributed by atoms with E-state index >= 15 is 0 Å². The van der Waals surface area contributed by atoms with Crippen molar-refractivity contribution < 1.29 is 4.74 Å². The van der Waals surface area contributed by atoms with E-state index in [1.807, 2.05) is 0 Å². The molecule has 2 nitrogen and oxygen atoms in total. The number of rotatable bonds is 0. The van der Waals surface area contributed by atoms with Gasteiger partial charge in [-0.2, -0.15) is 0 Å². The summed E-state index contributed by atoms with van der Waals surface area (Å²) in [6, 6.07) is 34.9. The molecule has 6 heteroatoms. The van der Waals surface area contributed by atoms with E-state index in [2.05, 4.69) is 122 Å². The van der Waals surface area contributed by atoms with Crippen molar-refractivity contribution in [1.82, 2.24) is 0 Å². The molecule has 5 aliphatic rings. The molecule has 0 radical (unpaired) electrons. The molecule has 0 aromatic heterocycles. The van der Waals surface area contributed by atoms with Gasteiger partial charge in [-0.05, 0) is 34.0 Å². The van der Waals surface area contributed by atoms with Gasteiger partial charge >= 0.3 is 0 Å². The van der Waals surface area contributed by atoms with Crippen LogP contribution in [-0.2, 0) is 0 Å². The third kappa shape index (κ3) is 2.23. The van der Waals surface area contributed by atoms with Gasteiger partial charge in [-0.15, -0.1) is 0 Å². The number of hydrogen-bond donors (Lipinski definition) is 0. The summed E-state index contributed by atoms with van der Waals surface area (Å²) in [5.74, 6) is 1.97. The third-order valence-electron chi connectivity index (χ3n) is 10.8. The van der Waals surface area contributed by atoms with Crippen LogP contribution in [0.5, 0.6) is 11.5 Å². The van der Waals surface area contributed by atoms with Crippen LogP contribution in [-0.4, -0.2) is 29.6 Å². The van der Waals surface area contributed by atoms with E-state index in [0.717, 1.165) is 11.5 Å². The maximum Gasteiger partial charge on any atom is 0.246 e. The number of nitrogens with zero attached hydrogens (tertiary/aromatic N) is 1. The number of ether oxygens (including phenoxy) is 1. The Morgan fingerprint density at radius 2 is 0.950 bits per heavy atom. The van der Waals surface area contributed by atoms with Gasteiger partial charge in [0.05, 0.1) is 11.4 Å². The first-order chi connectivity index (χ1) is 19.4. The maximum atomic E-state index is 6.77. The highest BCUT2D eigenvalue weighted by Gasteiger charge is 2.56. The van der Waals surface area contributed by atoms with Gasteiger partial charge in [0.25, 0.3) is 0 Å². The molecule has 0 N–H and O–H groups in total. The summed E-state index contributed by atoms with van der Waals surface area (Å²) in [4.78, 5) is 2.65. The fraction of sp³-hybridized carbons (Fsp3) is 0.118. The Kier molecular flexibility index (Phi) is 3.72. The van der Waals surface area contributed by atoms with Crippen LogP contribution in [0, 0.1) is 0 Å². The topological polar surface area (TPSA) is 12.5 Å². The summed E-state index contributed by atoms with van der Waals surface area (Å²) in [6.07, 6.45) is 0. The molecule has 0 fully saturated rings. The zero-order valence-electron chi connectivity index (χ0n) is 23.2. The normalized spacial score (nSPS) is 17.9. The van der Waals surface area contributed by atoms with Gasteiger partial charge in [-0.3, -0.25) is 0 Å². The van der Waals surface area contributed by atoms with E-state index in [0.29, 0.717) is 0 Å². The highest BCUT2D eigenvalue weighted by atomic mass is 28.3. The van der Waals surface area contributed by atoms with Crippen molar-refractivity contribution in [3.8, 4) is 11.5 Å². The zero-order chi connectivity index (χ0) is 26.7. The predicted molar refractivity (Wildman–Crippen MR) is 177 cm³/mol. The average Bonchev–Trinajstić information content (AvgIpc) is 2.96. The highest BCUT2D eigenvalue weighted by molar-refractivity contribution is 7.19. The summed E-state index contributed by atoms with van der Waals surface area (Å²) in [7, 11) is -3.95. The van der Waals surface area contributed by atoms with Crippen LogP contribution in [0.3, 0.4) is 0 Å². The Labute approximate surface area is 237 Å². The molecule has 0 spiro atoms. The quantitative estimate of drug-likeness (QED) is 0.267. The van der Waals surface area contributed by atoms with Gasteiger partial charge in [-0.1, -0.05) is 137 Å². The van der Waals surface area contributed by atoms with Crippen molar-refractivity contribution >= 4 is 100 Å². The summed E-state index contributed by atoms with van der Waals surface area (Å²) in [6.45, 7) is 10.8. The van der Waals surface area contributed by atoms with Crippen LogP contribution >= 0.6 is 0 Å². The van der Waals surface area contributed by atoms with Crippen LogP contribution in [0.25, 0.3) is 0 Å². The van der Waals surface area contributed by atoms with Crippen LogP contribution in [0.1, 0.15) is 0 Å². The lowest BCUT2D eigenvalue weighted by molar-refractivity contribution is 0.478. The predicted octanol–water partition coefficient (Wildman–Crippen LogP) is 1.19. The minimum Gasteiger partial charge on any atom is -0.453 e. The van der Waals surface area contributed by atoms with Crippen molar-refractivity contribution in [1.29, 1.82) is 0 Å². The monoisotopic (exact) mass is 543 g/mol. The van der Waals surface area contributed by atoms with Crippen LogP contribution in [0.2, 0.25) is 26.2 Å². The average molecular weight is 543 g/mol. The molecule has 5 aromatic carbocycles. The van der Waals surface area contributed by atoms with Gasteiger partial charge in [0.2, 0.25) is 13.4 Å². The molecular weight excluding hydrogens is 516 g/mol. The minimum atomic E-state index is -1.98. The molecule has 0 atom stereocenters. The van der Waals surface area contributed by atoms with Gasteiger partial charge in [0, 0.05) is 5.69 Å². The highest BCUT2D eigenvalue weighted by Crippen LogP contribution is 2.51. The second-order valence-electron chi connectivity index (χ2n) is 13.3. The van der Waals surface area contributed by atoms with Crippen LogP contribution in [0.4, 0.5) is 17.1 Å². The fourth-order valence-corrected chi connectivity index (χ4v) is 15.6. The standard InChI is InChI=1S/C34H27B2NOSi2/c1-39(2)26-17-7-5-11-20(26)35-22-13-9-15-24-32(22)37-33-23(14-10-16-25(33)38-24)36-21-12-6-8-18-27(21)40(3,4)29-19-28(39)30(35)34(37)31(29)36/h5-19H,1-4H3. The summed E-state index contributed by atoms with van der Waals surface area (Å²) < 4.78 is 6.77. The van der Waals surface area contributed by atoms with Gasteiger partial charge in [0.1, 0.15) is 16.1 Å². The largest absolute Gasteiger partial charge is 0.453 e. The summed E-state index contributed by atoms with van der Waals surface area (Å²) >= 11 is 0. The maximum absolute atomic E-state index is 6.77. The van der Waals surface area contributed by atoms with Crippen molar-refractivity contribution in [2.75, 3.05) is 4.90 Å². The SMILES string of the molecule is C[Si]1(C)c2ccccc2B2c3cccc4c3N3c5c(cccc5B5c6ccccc6[Si](C)(C)c6cc1c2c3c65)O4. The summed E-state index contributed by atoms with van der Waals surface area (Å²) in [5.41, 5.74) is 12.9. The van der Waals surface area contributed by atoms with Gasteiger partial charge < -0.3 is 9.64 Å². The fourth-order valence-electron chi connectivity index (χ4n) is 9.08. The molecular formula is C34H27B2NOSi2. The molecule has 0 unspecified atom stereocenters. The van der Waals surface area contributed by atoms with E-state index in [4.69, 9.17) is 4.74 Å². The third-order valence-corrected chi connectivity index (χ3v) is 17.9. The van der Waals surface area contributed by atoms with Crippen molar-refractivity contribution in [3.05, 3.63) is 91.0 Å². The number of para-hydroxylation sites is 2. The van der Waals surface area contributed by atoms with Crippen molar-refractivity contribution in [2.45, 2.75) is 26.2 Å². The van der Waals surface area contributed by atoms with Crippen LogP contribution in [0.15, 0.2) is 91.0 Å². The van der Waals surface area contributed by atoms with Gasteiger partial charge in [-0.25, -0.2) is 0 Å². The number of hydrogen-bond acceptors (Lipinski definition) is 2. The molecule has 0 amide bonds. The van der Waals surface area contributed by atoms with Gasteiger partial charge in [0.15, 0.2) is 11.5 Å². The molecule has 5 heterocycles. The van der Waals surface area contributed by atoms with E-state index in [-0.39, 0.29) is 13.4 Å². The van der Waals surface area contributed by atoms with Crippen molar-refractivity contribution in [3.63, 3.8) is 0 Å². The van der Waals surface area contributed by atoms with Crippen LogP contribution < -0.4 is 63.2 Å². The first-order valence-corrected chi connectivity index (χ1v) is 20.5. The Morgan fingerprint density at radius 1 is 0.500 bits per heavy atom. The molecule has 5 aromatic rings. The second-order valence-corrected chi connectivity index (χ2v) is 21.9. The minimum absolute atomic E-state index is 0.233. The van der Waals surface area contributed by atoms with E-state index in [9.17, 15) is 0 Å². The number of benzene rings is 5. The lowest BCUT2D eigenvalue weighted by Gasteiger charge is -2.53. The lowest BCUT2D eigenvalue weighted by atomic mass is 9.30. The molecule has 188 valence electrons. The van der Waals surface area contributed by atoms with Crippen molar-refractivity contribution in [2.24, 2.45) is 0 Å². The molecule has 0 saturated carbocycles. The molecule has 40 heavy (non-hydrogen) atoms. The van der Waals surface area contributed by atoms with E-state index in [1.165, 1.54) is 38.9 Å². The molecule has 5 aliphatic heterocycles. The smallest absolute Gasteiger partial charge is 0.246 e. The molecule has 0 saturated heterocycles.